The molecule has 0 bridgehead atoms. The molecule has 0 heterocycles. The lowest BCUT2D eigenvalue weighted by Gasteiger charge is -2.55. The Balaban J connectivity index is 1.51. The third kappa shape index (κ3) is 1.92. The van der Waals surface area contributed by atoms with Gasteiger partial charge in [0.1, 0.15) is 0 Å². The highest BCUT2D eigenvalue weighted by molar-refractivity contribution is 5.39. The summed E-state index contributed by atoms with van der Waals surface area (Å²) in [5, 5.41) is 0. The minimum atomic E-state index is 0.499. The molecule has 0 unspecified atom stereocenters. The van der Waals surface area contributed by atoms with Gasteiger partial charge < -0.3 is 0 Å². The van der Waals surface area contributed by atoms with Crippen LogP contribution in [0.15, 0.2) is 23.3 Å². The van der Waals surface area contributed by atoms with E-state index in [0.717, 1.165) is 23.7 Å². The van der Waals surface area contributed by atoms with E-state index in [4.69, 9.17) is 0 Å². The van der Waals surface area contributed by atoms with Crippen molar-refractivity contribution in [2.45, 2.75) is 85.5 Å². The molecule has 0 heteroatoms. The van der Waals surface area contributed by atoms with E-state index < -0.39 is 0 Å². The molecule has 0 nitrogen and oxygen atoms in total. The summed E-state index contributed by atoms with van der Waals surface area (Å²) in [6, 6.07) is 0. The van der Waals surface area contributed by atoms with E-state index in [0.29, 0.717) is 16.2 Å². The molecule has 0 aliphatic heterocycles. The van der Waals surface area contributed by atoms with Gasteiger partial charge in [-0.1, -0.05) is 51.0 Å². The molecule has 0 N–H and O–H groups in total. The van der Waals surface area contributed by atoms with Crippen molar-refractivity contribution in [1.29, 1.82) is 0 Å². The molecule has 5 rings (SSSR count). The first kappa shape index (κ1) is 15.7. The molecule has 132 valence electrons. The minimum absolute atomic E-state index is 0.499. The zero-order valence-electron chi connectivity index (χ0n) is 16.3. The summed E-state index contributed by atoms with van der Waals surface area (Å²) < 4.78 is 0. The van der Waals surface area contributed by atoms with Crippen molar-refractivity contribution < 1.29 is 0 Å². The molecule has 4 saturated carbocycles. The van der Waals surface area contributed by atoms with Crippen LogP contribution >= 0.6 is 0 Å². The largest absolute Gasteiger partial charge is 0.0634 e. The SMILES string of the molecule is C[C@H]1CC[C@@]2(C)C(=CC=C3[C@@H]4CC[C@H](C5(C)CC5)[C@@]4(C)CC[C@@H]32)C1. The van der Waals surface area contributed by atoms with Gasteiger partial charge in [-0.05, 0) is 97.7 Å². The average Bonchev–Trinajstić information content (AvgIpc) is 3.17. The number of hydrogen-bond donors (Lipinski definition) is 0. The van der Waals surface area contributed by atoms with E-state index in [1.54, 1.807) is 5.57 Å². The van der Waals surface area contributed by atoms with Gasteiger partial charge in [-0.3, -0.25) is 0 Å². The van der Waals surface area contributed by atoms with Gasteiger partial charge in [0.05, 0.1) is 0 Å². The van der Waals surface area contributed by atoms with Gasteiger partial charge in [-0.2, -0.15) is 0 Å². The first-order chi connectivity index (χ1) is 11.4. The fourth-order valence-corrected chi connectivity index (χ4v) is 7.88. The molecule has 0 aromatic rings. The summed E-state index contributed by atoms with van der Waals surface area (Å²) in [6.45, 7) is 10.4. The van der Waals surface area contributed by atoms with Crippen molar-refractivity contribution in [3.8, 4) is 0 Å². The van der Waals surface area contributed by atoms with Crippen LogP contribution in [0.2, 0.25) is 0 Å². The van der Waals surface area contributed by atoms with Crippen LogP contribution in [0.25, 0.3) is 0 Å². The molecule has 0 aromatic heterocycles. The Bertz CT molecular complexity index is 618. The van der Waals surface area contributed by atoms with Crippen LogP contribution in [0.3, 0.4) is 0 Å². The van der Waals surface area contributed by atoms with E-state index in [1.165, 1.54) is 57.8 Å². The molecule has 0 saturated heterocycles. The Morgan fingerprint density at radius 1 is 0.833 bits per heavy atom. The van der Waals surface area contributed by atoms with Gasteiger partial charge in [0, 0.05) is 0 Å². The Morgan fingerprint density at radius 2 is 1.62 bits per heavy atom. The fraction of sp³-hybridized carbons (Fsp3) is 0.833. The Hall–Kier alpha value is -0.520. The van der Waals surface area contributed by atoms with Gasteiger partial charge in [0.25, 0.3) is 0 Å². The smallest absolute Gasteiger partial charge is 0.00474 e. The monoisotopic (exact) mass is 324 g/mol. The van der Waals surface area contributed by atoms with Crippen molar-refractivity contribution in [3.63, 3.8) is 0 Å². The molecular weight excluding hydrogens is 288 g/mol. The topological polar surface area (TPSA) is 0 Å². The third-order valence-electron chi connectivity index (χ3n) is 9.70. The minimum Gasteiger partial charge on any atom is -0.0634 e. The number of allylic oxidation sites excluding steroid dienone is 4. The van der Waals surface area contributed by atoms with Crippen molar-refractivity contribution in [2.75, 3.05) is 0 Å². The van der Waals surface area contributed by atoms with E-state index in [9.17, 15) is 0 Å². The second-order valence-corrected chi connectivity index (χ2v) is 11.1. The zero-order valence-corrected chi connectivity index (χ0v) is 16.3. The van der Waals surface area contributed by atoms with Crippen molar-refractivity contribution in [1.82, 2.24) is 0 Å². The van der Waals surface area contributed by atoms with Crippen molar-refractivity contribution >= 4 is 0 Å². The predicted octanol–water partition coefficient (Wildman–Crippen LogP) is 6.92. The molecule has 0 spiro atoms. The molecule has 6 atom stereocenters. The number of rotatable bonds is 1. The van der Waals surface area contributed by atoms with E-state index in [2.05, 4.69) is 39.8 Å². The average molecular weight is 325 g/mol. The summed E-state index contributed by atoms with van der Waals surface area (Å²) in [7, 11) is 0. The van der Waals surface area contributed by atoms with E-state index >= 15 is 0 Å². The van der Waals surface area contributed by atoms with Gasteiger partial charge >= 0.3 is 0 Å². The van der Waals surface area contributed by atoms with Gasteiger partial charge in [0.2, 0.25) is 0 Å². The fourth-order valence-electron chi connectivity index (χ4n) is 7.88. The highest BCUT2D eigenvalue weighted by Gasteiger charge is 2.61. The summed E-state index contributed by atoms with van der Waals surface area (Å²) in [5.41, 5.74) is 5.49. The summed E-state index contributed by atoms with van der Waals surface area (Å²) in [6.07, 6.45) is 18.4. The normalized spacial score (nSPS) is 51.8. The Kier molecular flexibility index (Phi) is 3.14. The van der Waals surface area contributed by atoms with Crippen molar-refractivity contribution in [2.24, 2.45) is 39.9 Å². The number of fused-ring (bicyclic) bond motifs is 5. The van der Waals surface area contributed by atoms with Crippen LogP contribution in [0.5, 0.6) is 0 Å². The maximum atomic E-state index is 2.68. The van der Waals surface area contributed by atoms with Crippen LogP contribution in [0.4, 0.5) is 0 Å². The molecule has 24 heavy (non-hydrogen) atoms. The highest BCUT2D eigenvalue weighted by atomic mass is 14.7. The Labute approximate surface area is 149 Å². The molecule has 4 fully saturated rings. The second-order valence-electron chi connectivity index (χ2n) is 11.1. The van der Waals surface area contributed by atoms with Crippen LogP contribution < -0.4 is 0 Å². The molecule has 5 aliphatic rings. The first-order valence-corrected chi connectivity index (χ1v) is 10.8. The predicted molar refractivity (Wildman–Crippen MR) is 102 cm³/mol. The van der Waals surface area contributed by atoms with Gasteiger partial charge in [-0.25, -0.2) is 0 Å². The van der Waals surface area contributed by atoms with Crippen LogP contribution in [0.1, 0.15) is 85.5 Å². The summed E-state index contributed by atoms with van der Waals surface area (Å²) in [4.78, 5) is 0. The Morgan fingerprint density at radius 3 is 2.38 bits per heavy atom. The van der Waals surface area contributed by atoms with E-state index in [-0.39, 0.29) is 0 Å². The lowest BCUT2D eigenvalue weighted by molar-refractivity contribution is 0.0413. The number of hydrogen-bond acceptors (Lipinski definition) is 0. The molecular formula is C24H36. The second kappa shape index (κ2) is 4.80. The molecule has 0 radical (unpaired) electrons. The lowest BCUT2D eigenvalue weighted by Crippen LogP contribution is -2.46. The van der Waals surface area contributed by atoms with Gasteiger partial charge in [0.15, 0.2) is 0 Å². The molecule has 5 aliphatic carbocycles. The molecule has 0 amide bonds. The van der Waals surface area contributed by atoms with Crippen LogP contribution in [0, 0.1) is 39.9 Å². The van der Waals surface area contributed by atoms with E-state index in [1.807, 2.05) is 5.57 Å². The molecule has 0 aromatic carbocycles. The highest BCUT2D eigenvalue weighted by Crippen LogP contribution is 2.71. The van der Waals surface area contributed by atoms with Crippen LogP contribution in [-0.2, 0) is 0 Å². The summed E-state index contributed by atoms with van der Waals surface area (Å²) >= 11 is 0. The van der Waals surface area contributed by atoms with Gasteiger partial charge in [-0.15, -0.1) is 0 Å². The quantitative estimate of drug-likeness (QED) is 0.491. The maximum Gasteiger partial charge on any atom is -0.00474 e. The standard InChI is InChI=1S/C24H36/c1-16-9-11-23(3)17(15-16)5-6-18-19-7-8-21(22(2)13-14-22)24(19,4)12-10-20(18)23/h5-6,16,19-21H,7-15H2,1-4H3/t16-,19-,20-,21+,23-,24-/m0/s1. The summed E-state index contributed by atoms with van der Waals surface area (Å²) in [5.74, 6) is 3.67. The van der Waals surface area contributed by atoms with Crippen molar-refractivity contribution in [3.05, 3.63) is 23.3 Å². The zero-order chi connectivity index (χ0) is 16.7. The maximum absolute atomic E-state index is 2.68. The first-order valence-electron chi connectivity index (χ1n) is 10.8. The lowest BCUT2D eigenvalue weighted by atomic mass is 9.49. The van der Waals surface area contributed by atoms with Crippen LogP contribution in [-0.4, -0.2) is 0 Å². The third-order valence-corrected chi connectivity index (χ3v) is 9.70.